The van der Waals surface area contributed by atoms with Crippen LogP contribution < -0.4 is 5.73 Å². The quantitative estimate of drug-likeness (QED) is 0.379. The van der Waals surface area contributed by atoms with Gasteiger partial charge in [0.05, 0.1) is 0 Å². The fraction of sp³-hybridized carbons (Fsp3) is 0.875. The van der Waals surface area contributed by atoms with Gasteiger partial charge >= 0.3 is 0 Å². The molecule has 0 amide bonds. The molecule has 0 bridgehead atoms. The highest BCUT2D eigenvalue weighted by Crippen LogP contribution is 2.34. The van der Waals surface area contributed by atoms with Crippen LogP contribution in [0.1, 0.15) is 13.8 Å². The average Bonchev–Trinajstić information content (AvgIpc) is 2.25. The summed E-state index contributed by atoms with van der Waals surface area (Å²) in [5.74, 6) is 0.348. The monoisotopic (exact) mass is 171 g/mol. The first kappa shape index (κ1) is 9.32. The molecule has 1 saturated heterocycles. The van der Waals surface area contributed by atoms with E-state index in [0.29, 0.717) is 6.54 Å². The third kappa shape index (κ3) is 1.53. The van der Waals surface area contributed by atoms with E-state index >= 15 is 0 Å². The van der Waals surface area contributed by atoms with E-state index in [0.717, 1.165) is 6.54 Å². The maximum absolute atomic E-state index is 9.06. The molecule has 4 heteroatoms. The Morgan fingerprint density at radius 1 is 1.75 bits per heavy atom. The highest BCUT2D eigenvalue weighted by molar-refractivity contribution is 5.75. The number of aliphatic hydroxyl groups excluding tert-OH is 1. The van der Waals surface area contributed by atoms with Crippen LogP contribution in [0.3, 0.4) is 0 Å². The highest BCUT2D eigenvalue weighted by atomic mass is 16.3. The number of nitrogens with zero attached hydrogens (tertiary/aromatic N) is 1. The molecule has 70 valence electrons. The molecule has 1 rings (SSSR count). The second kappa shape index (κ2) is 2.94. The summed E-state index contributed by atoms with van der Waals surface area (Å²) < 4.78 is 0. The maximum Gasteiger partial charge on any atom is 0.188 e. The van der Waals surface area contributed by atoms with Crippen LogP contribution in [0, 0.1) is 16.7 Å². The van der Waals surface area contributed by atoms with E-state index in [1.54, 1.807) is 4.90 Å². The van der Waals surface area contributed by atoms with Crippen LogP contribution in [0.15, 0.2) is 0 Å². The Morgan fingerprint density at radius 2 is 2.33 bits per heavy atom. The molecule has 1 fully saturated rings. The zero-order chi connectivity index (χ0) is 9.35. The molecule has 0 aliphatic carbocycles. The minimum atomic E-state index is 0.0699. The summed E-state index contributed by atoms with van der Waals surface area (Å²) in [6.45, 7) is 5.84. The first-order valence-corrected chi connectivity index (χ1v) is 4.17. The van der Waals surface area contributed by atoms with Gasteiger partial charge in [-0.05, 0) is 5.41 Å². The zero-order valence-electron chi connectivity index (χ0n) is 7.67. The molecule has 0 aromatic carbocycles. The standard InChI is InChI=1S/C8H17N3O/c1-8(2)5-11(7(9)10)3-6(8)4-12/h6,12H,3-5H2,1-2H3,(H3,9,10). The van der Waals surface area contributed by atoms with Crippen LogP contribution >= 0.6 is 0 Å². The average molecular weight is 171 g/mol. The number of hydrogen-bond acceptors (Lipinski definition) is 2. The van der Waals surface area contributed by atoms with Crippen LogP contribution in [0.2, 0.25) is 0 Å². The number of rotatable bonds is 1. The van der Waals surface area contributed by atoms with Crippen molar-refractivity contribution in [2.75, 3.05) is 19.7 Å². The van der Waals surface area contributed by atoms with Gasteiger partial charge in [-0.1, -0.05) is 13.8 Å². The van der Waals surface area contributed by atoms with Gasteiger partial charge in [0.1, 0.15) is 0 Å². The Hall–Kier alpha value is -0.770. The van der Waals surface area contributed by atoms with Crippen molar-refractivity contribution in [3.63, 3.8) is 0 Å². The van der Waals surface area contributed by atoms with Crippen molar-refractivity contribution in [3.8, 4) is 0 Å². The lowest BCUT2D eigenvalue weighted by Gasteiger charge is -2.23. The summed E-state index contributed by atoms with van der Waals surface area (Å²) in [6, 6.07) is 0. The van der Waals surface area contributed by atoms with Crippen molar-refractivity contribution >= 4 is 5.96 Å². The minimum absolute atomic E-state index is 0.0699. The Labute approximate surface area is 72.9 Å². The molecular weight excluding hydrogens is 154 g/mol. The third-order valence-corrected chi connectivity index (χ3v) is 2.71. The Kier molecular flexibility index (Phi) is 2.28. The van der Waals surface area contributed by atoms with Gasteiger partial charge in [0.25, 0.3) is 0 Å². The summed E-state index contributed by atoms with van der Waals surface area (Å²) in [5.41, 5.74) is 5.43. The Morgan fingerprint density at radius 3 is 2.58 bits per heavy atom. The normalized spacial score (nSPS) is 27.6. The van der Waals surface area contributed by atoms with E-state index in [1.807, 2.05) is 0 Å². The second-order valence-corrected chi connectivity index (χ2v) is 4.13. The zero-order valence-corrected chi connectivity index (χ0v) is 7.67. The van der Waals surface area contributed by atoms with Crippen molar-refractivity contribution in [2.24, 2.45) is 17.1 Å². The number of likely N-dealkylation sites (tertiary alicyclic amines) is 1. The Balaban J connectivity index is 2.66. The molecular formula is C8H17N3O. The first-order chi connectivity index (χ1) is 5.47. The molecule has 12 heavy (non-hydrogen) atoms. The van der Waals surface area contributed by atoms with E-state index in [1.165, 1.54) is 0 Å². The van der Waals surface area contributed by atoms with Gasteiger partial charge in [0, 0.05) is 25.6 Å². The van der Waals surface area contributed by atoms with Gasteiger partial charge in [-0.3, -0.25) is 5.41 Å². The smallest absolute Gasteiger partial charge is 0.188 e. The van der Waals surface area contributed by atoms with E-state index in [4.69, 9.17) is 16.2 Å². The molecule has 1 aliphatic heterocycles. The Bertz CT molecular complexity index is 191. The van der Waals surface area contributed by atoms with E-state index < -0.39 is 0 Å². The van der Waals surface area contributed by atoms with Gasteiger partial charge in [-0.15, -0.1) is 0 Å². The summed E-state index contributed by atoms with van der Waals surface area (Å²) in [5, 5.41) is 16.3. The molecule has 0 spiro atoms. The van der Waals surface area contributed by atoms with Crippen LogP contribution in [-0.2, 0) is 0 Å². The van der Waals surface area contributed by atoms with E-state index in [2.05, 4.69) is 13.8 Å². The van der Waals surface area contributed by atoms with E-state index in [-0.39, 0.29) is 23.9 Å². The van der Waals surface area contributed by atoms with Gasteiger partial charge in [-0.2, -0.15) is 0 Å². The van der Waals surface area contributed by atoms with Crippen LogP contribution in [-0.4, -0.2) is 35.7 Å². The van der Waals surface area contributed by atoms with Gasteiger partial charge in [-0.25, -0.2) is 0 Å². The maximum atomic E-state index is 9.06. The molecule has 1 unspecified atom stereocenters. The number of aliphatic hydroxyl groups is 1. The lowest BCUT2D eigenvalue weighted by molar-refractivity contribution is 0.161. The molecule has 1 heterocycles. The van der Waals surface area contributed by atoms with E-state index in [9.17, 15) is 0 Å². The fourth-order valence-electron chi connectivity index (χ4n) is 1.69. The van der Waals surface area contributed by atoms with Crippen molar-refractivity contribution < 1.29 is 5.11 Å². The first-order valence-electron chi connectivity index (χ1n) is 4.17. The number of nitrogens with two attached hydrogens (primary N) is 1. The second-order valence-electron chi connectivity index (χ2n) is 4.13. The molecule has 0 saturated carbocycles. The topological polar surface area (TPSA) is 73.3 Å². The SMILES string of the molecule is CC1(C)CN(C(=N)N)CC1CO. The van der Waals surface area contributed by atoms with Gasteiger partial charge in [0.2, 0.25) is 0 Å². The van der Waals surface area contributed by atoms with Gasteiger partial charge in [0.15, 0.2) is 5.96 Å². The summed E-state index contributed by atoms with van der Waals surface area (Å²) in [6.07, 6.45) is 0. The number of guanidine groups is 1. The predicted octanol–water partition coefficient (Wildman–Crippen LogP) is -0.170. The van der Waals surface area contributed by atoms with Crippen molar-refractivity contribution in [1.29, 1.82) is 5.41 Å². The van der Waals surface area contributed by atoms with Crippen LogP contribution in [0.5, 0.6) is 0 Å². The number of nitrogens with one attached hydrogen (secondary N) is 1. The lowest BCUT2D eigenvalue weighted by atomic mass is 9.83. The number of hydrogen-bond donors (Lipinski definition) is 3. The fourth-order valence-corrected chi connectivity index (χ4v) is 1.69. The molecule has 0 aromatic rings. The van der Waals surface area contributed by atoms with Crippen LogP contribution in [0.4, 0.5) is 0 Å². The molecule has 0 aromatic heterocycles. The van der Waals surface area contributed by atoms with Crippen molar-refractivity contribution in [2.45, 2.75) is 13.8 Å². The molecule has 0 radical (unpaired) electrons. The van der Waals surface area contributed by atoms with Crippen molar-refractivity contribution in [1.82, 2.24) is 4.90 Å². The van der Waals surface area contributed by atoms with Crippen LogP contribution in [0.25, 0.3) is 0 Å². The summed E-state index contributed by atoms with van der Waals surface area (Å²) in [4.78, 5) is 1.81. The highest BCUT2D eigenvalue weighted by Gasteiger charge is 2.39. The summed E-state index contributed by atoms with van der Waals surface area (Å²) >= 11 is 0. The largest absolute Gasteiger partial charge is 0.396 e. The lowest BCUT2D eigenvalue weighted by Crippen LogP contribution is -2.35. The van der Waals surface area contributed by atoms with Crippen molar-refractivity contribution in [3.05, 3.63) is 0 Å². The minimum Gasteiger partial charge on any atom is -0.396 e. The molecule has 1 aliphatic rings. The predicted molar refractivity (Wildman–Crippen MR) is 47.8 cm³/mol. The summed E-state index contributed by atoms with van der Waals surface area (Å²) in [7, 11) is 0. The third-order valence-electron chi connectivity index (χ3n) is 2.71. The molecule has 4 nitrogen and oxygen atoms in total. The molecule has 1 atom stereocenters. The van der Waals surface area contributed by atoms with Gasteiger partial charge < -0.3 is 15.7 Å². The molecule has 4 N–H and O–H groups in total.